The van der Waals surface area contributed by atoms with Crippen LogP contribution >= 0.6 is 22.6 Å². The largest absolute Gasteiger partial charge is 0.309 e. The Bertz CT molecular complexity index is 678. The molecule has 0 spiro atoms. The highest BCUT2D eigenvalue weighted by Gasteiger charge is 2.26. The summed E-state index contributed by atoms with van der Waals surface area (Å²) in [6, 6.07) is 8.45. The van der Waals surface area contributed by atoms with Crippen LogP contribution in [0.2, 0.25) is 0 Å². The molecule has 0 amide bonds. The Kier molecular flexibility index (Phi) is 3.43. The summed E-state index contributed by atoms with van der Waals surface area (Å²) in [4.78, 5) is 19.6. The smallest absolute Gasteiger partial charge is 0.264 e. The molecule has 4 heteroatoms. The van der Waals surface area contributed by atoms with E-state index in [1.54, 1.807) is 0 Å². The number of H-pyrrole nitrogens is 1. The van der Waals surface area contributed by atoms with Crippen molar-refractivity contribution in [2.45, 2.75) is 32.1 Å². The summed E-state index contributed by atoms with van der Waals surface area (Å²) in [7, 11) is 0. The fourth-order valence-electron chi connectivity index (χ4n) is 2.77. The molecule has 2 aromatic rings. The molecule has 1 aromatic heterocycles. The van der Waals surface area contributed by atoms with Crippen molar-refractivity contribution in [3.05, 3.63) is 60.8 Å². The molecule has 1 unspecified atom stereocenters. The van der Waals surface area contributed by atoms with Gasteiger partial charge in [0.05, 0.1) is 9.26 Å². The van der Waals surface area contributed by atoms with Gasteiger partial charge in [0.1, 0.15) is 5.82 Å². The topological polar surface area (TPSA) is 45.8 Å². The highest BCUT2D eigenvalue weighted by Crippen LogP contribution is 2.36. The molecule has 0 saturated heterocycles. The Labute approximate surface area is 125 Å². The SMILES string of the molecule is CCc1nc(C2CCc3ccccc32)[nH]c(=O)c1I. The average Bonchev–Trinajstić information content (AvgIpc) is 2.85. The minimum atomic E-state index is -0.00756. The number of nitrogens with one attached hydrogen (secondary N) is 1. The average molecular weight is 366 g/mol. The van der Waals surface area contributed by atoms with Gasteiger partial charge in [0.2, 0.25) is 0 Å². The number of aryl methyl sites for hydroxylation is 2. The molecule has 0 aliphatic heterocycles. The van der Waals surface area contributed by atoms with E-state index in [4.69, 9.17) is 0 Å². The van der Waals surface area contributed by atoms with Crippen molar-refractivity contribution in [2.75, 3.05) is 0 Å². The van der Waals surface area contributed by atoms with Gasteiger partial charge in [0.25, 0.3) is 5.56 Å². The van der Waals surface area contributed by atoms with Crippen LogP contribution in [0.3, 0.4) is 0 Å². The minimum absolute atomic E-state index is 0.00756. The molecule has 0 radical (unpaired) electrons. The first kappa shape index (κ1) is 12.8. The lowest BCUT2D eigenvalue weighted by Crippen LogP contribution is -2.19. The zero-order valence-corrected chi connectivity index (χ0v) is 12.9. The van der Waals surface area contributed by atoms with Crippen LogP contribution in [0.25, 0.3) is 0 Å². The van der Waals surface area contributed by atoms with Crippen molar-refractivity contribution in [3.8, 4) is 0 Å². The van der Waals surface area contributed by atoms with Gasteiger partial charge in [-0.25, -0.2) is 4.98 Å². The molecule has 1 aromatic carbocycles. The lowest BCUT2D eigenvalue weighted by Gasteiger charge is -2.12. The van der Waals surface area contributed by atoms with Gasteiger partial charge in [-0.3, -0.25) is 4.79 Å². The number of aromatic amines is 1. The van der Waals surface area contributed by atoms with E-state index >= 15 is 0 Å². The maximum atomic E-state index is 12.0. The summed E-state index contributed by atoms with van der Waals surface area (Å²) in [6.45, 7) is 2.04. The molecule has 0 saturated carbocycles. The summed E-state index contributed by atoms with van der Waals surface area (Å²) >= 11 is 2.08. The second-order valence-corrected chi connectivity index (χ2v) is 5.93. The number of aromatic nitrogens is 2. The maximum Gasteiger partial charge on any atom is 0.264 e. The fraction of sp³-hybridized carbons (Fsp3) is 0.333. The van der Waals surface area contributed by atoms with Gasteiger partial charge in [-0.15, -0.1) is 0 Å². The van der Waals surface area contributed by atoms with Crippen molar-refractivity contribution in [3.63, 3.8) is 0 Å². The van der Waals surface area contributed by atoms with E-state index in [1.807, 2.05) is 6.92 Å². The van der Waals surface area contributed by atoms with Crippen LogP contribution in [0.1, 0.15) is 41.9 Å². The number of nitrogens with zero attached hydrogens (tertiary/aromatic N) is 1. The zero-order valence-electron chi connectivity index (χ0n) is 10.7. The van der Waals surface area contributed by atoms with E-state index in [0.717, 1.165) is 34.4 Å². The molecule has 3 rings (SSSR count). The van der Waals surface area contributed by atoms with Gasteiger partial charge in [0, 0.05) is 5.92 Å². The maximum absolute atomic E-state index is 12.0. The molecule has 1 heterocycles. The molecule has 3 nitrogen and oxygen atoms in total. The van der Waals surface area contributed by atoms with Crippen LogP contribution in [0.5, 0.6) is 0 Å². The van der Waals surface area contributed by atoms with E-state index in [2.05, 4.69) is 56.8 Å². The van der Waals surface area contributed by atoms with Crippen molar-refractivity contribution < 1.29 is 0 Å². The Hall–Kier alpha value is -1.17. The summed E-state index contributed by atoms with van der Waals surface area (Å²) in [6.07, 6.45) is 2.90. The predicted octanol–water partition coefficient (Wildman–Crippen LogP) is 3.02. The zero-order chi connectivity index (χ0) is 13.4. The van der Waals surface area contributed by atoms with E-state index in [1.165, 1.54) is 11.1 Å². The monoisotopic (exact) mass is 366 g/mol. The molecule has 19 heavy (non-hydrogen) atoms. The molecule has 98 valence electrons. The van der Waals surface area contributed by atoms with Gasteiger partial charge in [-0.2, -0.15) is 0 Å². The first-order valence-corrected chi connectivity index (χ1v) is 7.65. The van der Waals surface area contributed by atoms with Crippen molar-refractivity contribution in [1.82, 2.24) is 9.97 Å². The Balaban J connectivity index is 2.10. The van der Waals surface area contributed by atoms with Crippen LogP contribution in [-0.2, 0) is 12.8 Å². The number of hydrogen-bond donors (Lipinski definition) is 1. The second kappa shape index (κ2) is 5.07. The van der Waals surface area contributed by atoms with E-state index < -0.39 is 0 Å². The summed E-state index contributed by atoms with van der Waals surface area (Å²) in [5, 5.41) is 0. The normalized spacial score (nSPS) is 17.5. The fourth-order valence-corrected chi connectivity index (χ4v) is 3.40. The first-order chi connectivity index (χ1) is 9.20. The molecular formula is C15H15IN2O. The number of halogens is 1. The van der Waals surface area contributed by atoms with Crippen LogP contribution in [0.15, 0.2) is 29.1 Å². The quantitative estimate of drug-likeness (QED) is 0.831. The highest BCUT2D eigenvalue weighted by molar-refractivity contribution is 14.1. The van der Waals surface area contributed by atoms with Gasteiger partial charge in [0.15, 0.2) is 0 Å². The number of rotatable bonds is 2. The van der Waals surface area contributed by atoms with Crippen LogP contribution in [0.4, 0.5) is 0 Å². The van der Waals surface area contributed by atoms with Crippen molar-refractivity contribution in [1.29, 1.82) is 0 Å². The Morgan fingerprint density at radius 3 is 3.00 bits per heavy atom. The molecule has 1 N–H and O–H groups in total. The third-order valence-corrected chi connectivity index (χ3v) is 4.86. The second-order valence-electron chi connectivity index (χ2n) is 4.86. The molecule has 1 aliphatic rings. The van der Waals surface area contributed by atoms with Gasteiger partial charge >= 0.3 is 0 Å². The van der Waals surface area contributed by atoms with Crippen LogP contribution < -0.4 is 5.56 Å². The van der Waals surface area contributed by atoms with E-state index in [9.17, 15) is 4.79 Å². The summed E-state index contributed by atoms with van der Waals surface area (Å²) < 4.78 is 0.718. The minimum Gasteiger partial charge on any atom is -0.309 e. The molecule has 1 atom stereocenters. The van der Waals surface area contributed by atoms with Crippen molar-refractivity contribution in [2.24, 2.45) is 0 Å². The van der Waals surface area contributed by atoms with Crippen LogP contribution in [0, 0.1) is 3.57 Å². The highest BCUT2D eigenvalue weighted by atomic mass is 127. The Morgan fingerprint density at radius 1 is 1.42 bits per heavy atom. The third kappa shape index (κ3) is 2.22. The predicted molar refractivity (Wildman–Crippen MR) is 83.6 cm³/mol. The summed E-state index contributed by atoms with van der Waals surface area (Å²) in [5.74, 6) is 1.07. The van der Waals surface area contributed by atoms with E-state index in [0.29, 0.717) is 0 Å². The number of benzene rings is 1. The lowest BCUT2D eigenvalue weighted by atomic mass is 10.0. The third-order valence-electron chi connectivity index (χ3n) is 3.75. The molecule has 0 fully saturated rings. The van der Waals surface area contributed by atoms with Crippen LogP contribution in [-0.4, -0.2) is 9.97 Å². The lowest BCUT2D eigenvalue weighted by molar-refractivity contribution is 0.710. The molecule has 1 aliphatic carbocycles. The standard InChI is InChI=1S/C15H15IN2O/c1-2-12-13(16)15(19)18-14(17-12)11-8-7-9-5-3-4-6-10(9)11/h3-6,11H,2,7-8H2,1H3,(H,17,18,19). The van der Waals surface area contributed by atoms with Gasteiger partial charge in [-0.1, -0.05) is 31.2 Å². The molecule has 0 bridgehead atoms. The summed E-state index contributed by atoms with van der Waals surface area (Å²) in [5.41, 5.74) is 3.59. The van der Waals surface area contributed by atoms with Crippen molar-refractivity contribution >= 4 is 22.6 Å². The Morgan fingerprint density at radius 2 is 2.21 bits per heavy atom. The van der Waals surface area contributed by atoms with Gasteiger partial charge < -0.3 is 4.98 Å². The molecular weight excluding hydrogens is 351 g/mol. The number of hydrogen-bond acceptors (Lipinski definition) is 2. The van der Waals surface area contributed by atoms with Gasteiger partial charge in [-0.05, 0) is 53.0 Å². The van der Waals surface area contributed by atoms with E-state index in [-0.39, 0.29) is 11.5 Å². The first-order valence-electron chi connectivity index (χ1n) is 6.57. The number of fused-ring (bicyclic) bond motifs is 1.